The number of nitrogens with zero attached hydrogens (tertiary/aromatic N) is 1. The highest BCUT2D eigenvalue weighted by Crippen LogP contribution is 2.39. The van der Waals surface area contributed by atoms with E-state index in [1.54, 1.807) is 21.3 Å². The van der Waals surface area contributed by atoms with Gasteiger partial charge in [0.05, 0.1) is 21.3 Å². The third kappa shape index (κ3) is 5.89. The Hall–Kier alpha value is -3.70. The molecule has 0 aromatic heterocycles. The molecule has 1 aliphatic heterocycles. The van der Waals surface area contributed by atoms with Crippen LogP contribution in [0.25, 0.3) is 21.9 Å². The van der Waals surface area contributed by atoms with Crippen LogP contribution in [0.4, 0.5) is 0 Å². The Morgan fingerprint density at radius 2 is 1.34 bits per heavy atom. The van der Waals surface area contributed by atoms with E-state index in [4.69, 9.17) is 18.9 Å². The van der Waals surface area contributed by atoms with Crippen molar-refractivity contribution < 1.29 is 18.9 Å². The first kappa shape index (κ1) is 25.9. The van der Waals surface area contributed by atoms with Gasteiger partial charge in [0.25, 0.3) is 0 Å². The van der Waals surface area contributed by atoms with E-state index in [-0.39, 0.29) is 0 Å². The summed E-state index contributed by atoms with van der Waals surface area (Å²) < 4.78 is 22.8. The smallest absolute Gasteiger partial charge is 0.130 e. The van der Waals surface area contributed by atoms with Gasteiger partial charge in [-0.1, -0.05) is 36.8 Å². The van der Waals surface area contributed by atoms with Crippen LogP contribution in [0.5, 0.6) is 23.0 Å². The van der Waals surface area contributed by atoms with Crippen molar-refractivity contribution in [2.45, 2.75) is 25.7 Å². The van der Waals surface area contributed by atoms with Crippen LogP contribution in [0.2, 0.25) is 0 Å². The molecule has 5 nitrogen and oxygen atoms in total. The second kappa shape index (κ2) is 12.2. The fourth-order valence-corrected chi connectivity index (χ4v) is 5.35. The van der Waals surface area contributed by atoms with Gasteiger partial charge in [-0.3, -0.25) is 4.90 Å². The molecule has 0 unspecified atom stereocenters. The monoisotopic (exact) mass is 511 g/mol. The van der Waals surface area contributed by atoms with E-state index in [0.717, 1.165) is 59.1 Å². The number of hydrogen-bond donors (Lipinski definition) is 0. The van der Waals surface area contributed by atoms with Crippen LogP contribution in [0, 0.1) is 0 Å². The normalized spacial score (nSPS) is 13.9. The lowest BCUT2D eigenvalue weighted by molar-refractivity contribution is 0.183. The fraction of sp³-hybridized carbons (Fsp3) is 0.333. The van der Waals surface area contributed by atoms with Gasteiger partial charge in [0.1, 0.15) is 29.6 Å². The molecule has 1 aliphatic rings. The predicted molar refractivity (Wildman–Crippen MR) is 154 cm³/mol. The number of methoxy groups -OCH3 is 3. The highest BCUT2D eigenvalue weighted by molar-refractivity contribution is 5.94. The summed E-state index contributed by atoms with van der Waals surface area (Å²) in [6.45, 7) is 4.11. The van der Waals surface area contributed by atoms with Crippen molar-refractivity contribution in [1.29, 1.82) is 0 Å². The Kier molecular flexibility index (Phi) is 8.34. The van der Waals surface area contributed by atoms with Crippen molar-refractivity contribution in [2.75, 3.05) is 47.6 Å². The van der Waals surface area contributed by atoms with Crippen LogP contribution in [0.3, 0.4) is 0 Å². The second-order valence-electron chi connectivity index (χ2n) is 9.82. The van der Waals surface area contributed by atoms with Crippen molar-refractivity contribution in [2.24, 2.45) is 0 Å². The van der Waals surface area contributed by atoms with Gasteiger partial charge in [0.15, 0.2) is 0 Å². The number of ether oxygens (including phenoxy) is 4. The van der Waals surface area contributed by atoms with Gasteiger partial charge in [-0.15, -0.1) is 0 Å². The Morgan fingerprint density at radius 3 is 2.08 bits per heavy atom. The minimum absolute atomic E-state index is 0.728. The minimum Gasteiger partial charge on any atom is -0.497 e. The molecule has 4 aromatic rings. The van der Waals surface area contributed by atoms with Crippen LogP contribution in [-0.4, -0.2) is 52.5 Å². The SMILES string of the molecule is COc1ccc(-c2ccc3cc(OC)ccc3c2Cc2ccc(OCCN3CCCCC3)cc2)c(OC)c1. The molecule has 198 valence electrons. The Balaban J connectivity index is 1.43. The Labute approximate surface area is 225 Å². The third-order valence-corrected chi connectivity index (χ3v) is 7.47. The van der Waals surface area contributed by atoms with Crippen LogP contribution in [0.15, 0.2) is 72.8 Å². The van der Waals surface area contributed by atoms with Crippen LogP contribution in [0.1, 0.15) is 30.4 Å². The molecule has 0 amide bonds. The Morgan fingerprint density at radius 1 is 0.658 bits per heavy atom. The molecule has 0 aliphatic carbocycles. The quantitative estimate of drug-likeness (QED) is 0.230. The molecule has 0 saturated carbocycles. The maximum absolute atomic E-state index is 6.07. The number of rotatable bonds is 10. The van der Waals surface area contributed by atoms with Crippen molar-refractivity contribution >= 4 is 10.8 Å². The molecular formula is C33H37NO4. The largest absolute Gasteiger partial charge is 0.497 e. The van der Waals surface area contributed by atoms with E-state index in [0.29, 0.717) is 0 Å². The average Bonchev–Trinajstić information content (AvgIpc) is 2.98. The second-order valence-corrected chi connectivity index (χ2v) is 9.82. The minimum atomic E-state index is 0.728. The number of fused-ring (bicyclic) bond motifs is 1. The summed E-state index contributed by atoms with van der Waals surface area (Å²) in [7, 11) is 5.08. The van der Waals surface area contributed by atoms with E-state index in [2.05, 4.69) is 59.5 Å². The summed E-state index contributed by atoms with van der Waals surface area (Å²) in [4.78, 5) is 2.50. The van der Waals surface area contributed by atoms with Crippen LogP contribution in [-0.2, 0) is 6.42 Å². The molecule has 5 heteroatoms. The summed E-state index contributed by atoms with van der Waals surface area (Å²) in [5.41, 5.74) is 4.65. The molecule has 1 saturated heterocycles. The van der Waals surface area contributed by atoms with E-state index in [9.17, 15) is 0 Å². The third-order valence-electron chi connectivity index (χ3n) is 7.47. The lowest BCUT2D eigenvalue weighted by Gasteiger charge is -2.26. The number of hydrogen-bond acceptors (Lipinski definition) is 5. The van der Waals surface area contributed by atoms with Crippen molar-refractivity contribution in [3.8, 4) is 34.1 Å². The van der Waals surface area contributed by atoms with Gasteiger partial charge in [0.2, 0.25) is 0 Å². The predicted octanol–water partition coefficient (Wildman–Crippen LogP) is 6.99. The van der Waals surface area contributed by atoms with Crippen molar-refractivity contribution in [1.82, 2.24) is 4.90 Å². The molecule has 5 rings (SSSR count). The molecule has 0 N–H and O–H groups in total. The number of likely N-dealkylation sites (tertiary alicyclic amines) is 1. The summed E-state index contributed by atoms with van der Waals surface area (Å²) in [6.07, 6.45) is 4.75. The zero-order valence-corrected chi connectivity index (χ0v) is 22.7. The van der Waals surface area contributed by atoms with Gasteiger partial charge in [-0.05, 0) is 96.2 Å². The van der Waals surface area contributed by atoms with Crippen LogP contribution >= 0.6 is 0 Å². The average molecular weight is 512 g/mol. The molecule has 0 radical (unpaired) electrons. The van der Waals surface area contributed by atoms with Gasteiger partial charge >= 0.3 is 0 Å². The standard InChI is InChI=1S/C33H37NO4/c1-35-27-12-15-29-25(22-27)9-14-30(31-16-13-28(36-2)23-33(31)37-3)32(29)21-24-7-10-26(11-8-24)38-20-19-34-17-5-4-6-18-34/h7-16,22-23H,4-6,17-21H2,1-3H3. The van der Waals surface area contributed by atoms with Crippen LogP contribution < -0.4 is 18.9 Å². The summed E-state index contributed by atoms with van der Waals surface area (Å²) in [5.74, 6) is 3.33. The van der Waals surface area contributed by atoms with E-state index < -0.39 is 0 Å². The van der Waals surface area contributed by atoms with Gasteiger partial charge in [-0.2, -0.15) is 0 Å². The Bertz CT molecular complexity index is 1360. The molecule has 0 bridgehead atoms. The van der Waals surface area contributed by atoms with E-state index in [1.165, 1.54) is 48.9 Å². The van der Waals surface area contributed by atoms with E-state index >= 15 is 0 Å². The maximum Gasteiger partial charge on any atom is 0.130 e. The molecule has 4 aromatic carbocycles. The molecule has 1 heterocycles. The zero-order chi connectivity index (χ0) is 26.3. The first-order valence-electron chi connectivity index (χ1n) is 13.4. The topological polar surface area (TPSA) is 40.2 Å². The van der Waals surface area contributed by atoms with Crippen molar-refractivity contribution in [3.05, 3.63) is 83.9 Å². The molecular weight excluding hydrogens is 474 g/mol. The zero-order valence-electron chi connectivity index (χ0n) is 22.7. The molecule has 38 heavy (non-hydrogen) atoms. The maximum atomic E-state index is 6.07. The highest BCUT2D eigenvalue weighted by Gasteiger charge is 2.16. The van der Waals surface area contributed by atoms with Gasteiger partial charge < -0.3 is 18.9 Å². The van der Waals surface area contributed by atoms with Gasteiger partial charge in [0, 0.05) is 18.2 Å². The molecule has 1 fully saturated rings. The lowest BCUT2D eigenvalue weighted by atomic mass is 9.89. The first-order chi connectivity index (χ1) is 18.7. The number of benzene rings is 4. The summed E-state index contributed by atoms with van der Waals surface area (Å²) >= 11 is 0. The van der Waals surface area contributed by atoms with Crippen molar-refractivity contribution in [3.63, 3.8) is 0 Å². The summed E-state index contributed by atoms with van der Waals surface area (Å²) in [5, 5.41) is 2.34. The fourth-order valence-electron chi connectivity index (χ4n) is 5.35. The molecule has 0 atom stereocenters. The van der Waals surface area contributed by atoms with E-state index in [1.807, 2.05) is 18.2 Å². The lowest BCUT2D eigenvalue weighted by Crippen LogP contribution is -2.33. The molecule has 0 spiro atoms. The number of piperidine rings is 1. The van der Waals surface area contributed by atoms with Gasteiger partial charge in [-0.25, -0.2) is 0 Å². The first-order valence-corrected chi connectivity index (χ1v) is 13.4. The summed E-state index contributed by atoms with van der Waals surface area (Å²) in [6, 6.07) is 25.1. The highest BCUT2D eigenvalue weighted by atomic mass is 16.5.